The molecule has 4 aromatic rings. The second-order valence-corrected chi connectivity index (χ2v) is 14.6. The number of nitrogens with zero attached hydrogens (tertiary/aromatic N) is 3. The minimum atomic E-state index is -4.64. The number of nitrogens with one attached hydrogen (secondary N) is 4. The molecule has 304 valence electrons. The number of hydrogen-bond donors (Lipinski definition) is 5. The van der Waals surface area contributed by atoms with Gasteiger partial charge in [-0.1, -0.05) is 35.9 Å². The van der Waals surface area contributed by atoms with Crippen molar-refractivity contribution >= 4 is 52.8 Å². The normalized spacial score (nSPS) is 17.7. The van der Waals surface area contributed by atoms with Crippen LogP contribution in [0.4, 0.5) is 30.8 Å². The SMILES string of the molecule is O=C(CCC1CC1c1cccc2c1OCO2)C(=O)NCC[C@H](NC(=O)c1ccc(Nc2nc(NC3(c4ccc(Cl)cc4)CC3)nc(OCC(F)(F)F)n2)cc1)C(=O)O. The summed E-state index contributed by atoms with van der Waals surface area (Å²) in [4.78, 5) is 62.3. The van der Waals surface area contributed by atoms with Gasteiger partial charge in [0.1, 0.15) is 6.04 Å². The zero-order valence-corrected chi connectivity index (χ0v) is 31.4. The summed E-state index contributed by atoms with van der Waals surface area (Å²) in [5, 5.41) is 21.2. The van der Waals surface area contributed by atoms with Crippen molar-refractivity contribution in [3.05, 3.63) is 88.4 Å². The standard InChI is InChI=1S/C39H37ClF3N7O8/c40-24-9-7-23(8-10-24)38(15-16-38)50-36-47-35(48-37(49-36)56-19-39(41,42)43)45-25-11-4-21(5-12-25)32(52)46-28(34(54)55)14-17-44-33(53)29(51)13-6-22-18-27(22)26-2-1-3-30-31(26)58-20-57-30/h1-5,7-12,22,27-28H,6,13-20H2,(H,44,53)(H,46,52)(H,54,55)(H2,45,47,48,49,50)/t22?,27?,28-/m0/s1. The van der Waals surface area contributed by atoms with Gasteiger partial charge < -0.3 is 40.6 Å². The number of anilines is 3. The summed E-state index contributed by atoms with van der Waals surface area (Å²) in [6, 6.07) is 16.5. The molecule has 0 saturated heterocycles. The van der Waals surface area contributed by atoms with E-state index in [4.69, 9.17) is 25.8 Å². The molecule has 19 heteroatoms. The van der Waals surface area contributed by atoms with Crippen molar-refractivity contribution in [1.82, 2.24) is 25.6 Å². The van der Waals surface area contributed by atoms with Gasteiger partial charge in [0, 0.05) is 34.8 Å². The Bertz CT molecular complexity index is 2190. The number of para-hydroxylation sites is 1. The highest BCUT2D eigenvalue weighted by Crippen LogP contribution is 2.55. The van der Waals surface area contributed by atoms with Crippen molar-refractivity contribution < 1.29 is 51.7 Å². The lowest BCUT2D eigenvalue weighted by molar-refractivity contribution is -0.154. The third kappa shape index (κ3) is 10.0. The lowest BCUT2D eigenvalue weighted by atomic mass is 10.0. The lowest BCUT2D eigenvalue weighted by Gasteiger charge is -2.19. The van der Waals surface area contributed by atoms with E-state index in [1.165, 1.54) is 24.3 Å². The second-order valence-electron chi connectivity index (χ2n) is 14.1. The molecule has 2 amide bonds. The average molecular weight is 824 g/mol. The fourth-order valence-corrected chi connectivity index (χ4v) is 6.78. The van der Waals surface area contributed by atoms with Gasteiger partial charge in [0.25, 0.3) is 11.8 Å². The van der Waals surface area contributed by atoms with Crippen molar-refractivity contribution in [2.45, 2.75) is 62.2 Å². The van der Waals surface area contributed by atoms with Gasteiger partial charge in [-0.2, -0.15) is 28.1 Å². The van der Waals surface area contributed by atoms with Crippen molar-refractivity contribution in [3.8, 4) is 17.5 Å². The number of fused-ring (bicyclic) bond motifs is 1. The van der Waals surface area contributed by atoms with Crippen LogP contribution in [0.15, 0.2) is 66.7 Å². The maximum atomic E-state index is 13.0. The van der Waals surface area contributed by atoms with Gasteiger partial charge in [0.05, 0.1) is 5.54 Å². The summed E-state index contributed by atoms with van der Waals surface area (Å²) in [7, 11) is 0. The Labute approximate surface area is 334 Å². The highest BCUT2D eigenvalue weighted by molar-refractivity contribution is 6.36. The molecule has 0 radical (unpaired) electrons. The molecular weight excluding hydrogens is 787 g/mol. The number of ether oxygens (including phenoxy) is 3. The Balaban J connectivity index is 0.899. The number of ketones is 1. The van der Waals surface area contributed by atoms with Gasteiger partial charge in [0.15, 0.2) is 18.1 Å². The first kappa shape index (κ1) is 40.0. The van der Waals surface area contributed by atoms with Crippen LogP contribution >= 0.6 is 11.6 Å². The number of alkyl halides is 3. The molecule has 7 rings (SSSR count). The Morgan fingerprint density at radius 1 is 0.966 bits per heavy atom. The molecule has 3 atom stereocenters. The van der Waals surface area contributed by atoms with Crippen LogP contribution < -0.4 is 35.5 Å². The van der Waals surface area contributed by atoms with Gasteiger partial charge in [-0.3, -0.25) is 14.4 Å². The van der Waals surface area contributed by atoms with E-state index in [9.17, 15) is 37.5 Å². The van der Waals surface area contributed by atoms with Crippen molar-refractivity contribution in [1.29, 1.82) is 0 Å². The Morgan fingerprint density at radius 2 is 1.71 bits per heavy atom. The summed E-state index contributed by atoms with van der Waals surface area (Å²) < 4.78 is 54.7. The predicted octanol–water partition coefficient (Wildman–Crippen LogP) is 5.88. The maximum absolute atomic E-state index is 13.0. The molecule has 2 fully saturated rings. The molecule has 1 aliphatic heterocycles. The number of carbonyl (C=O) groups excluding carboxylic acids is 3. The smallest absolute Gasteiger partial charge is 0.422 e. The van der Waals surface area contributed by atoms with Crippen LogP contribution in [0.2, 0.25) is 5.02 Å². The number of amides is 2. The highest BCUT2D eigenvalue weighted by atomic mass is 35.5. The van der Waals surface area contributed by atoms with Crippen molar-refractivity contribution in [2.75, 3.05) is 30.6 Å². The number of hydrogen-bond acceptors (Lipinski definition) is 12. The van der Waals surface area contributed by atoms with Crippen LogP contribution in [-0.2, 0) is 19.9 Å². The first-order valence-electron chi connectivity index (χ1n) is 18.4. The van der Waals surface area contributed by atoms with Gasteiger partial charge in [-0.15, -0.1) is 0 Å². The fourth-order valence-electron chi connectivity index (χ4n) is 6.66. The molecular formula is C39H37ClF3N7O8. The first-order chi connectivity index (χ1) is 27.7. The van der Waals surface area contributed by atoms with E-state index in [-0.39, 0.29) is 55.5 Å². The topological polar surface area (TPSA) is 203 Å². The van der Waals surface area contributed by atoms with Crippen LogP contribution in [0.1, 0.15) is 65.9 Å². The summed E-state index contributed by atoms with van der Waals surface area (Å²) in [6.07, 6.45) is -2.02. The molecule has 15 nitrogen and oxygen atoms in total. The molecule has 2 aliphatic carbocycles. The third-order valence-corrected chi connectivity index (χ3v) is 10.2. The molecule has 0 spiro atoms. The van der Waals surface area contributed by atoms with E-state index in [1.807, 2.05) is 30.3 Å². The van der Waals surface area contributed by atoms with Crippen LogP contribution in [0.25, 0.3) is 0 Å². The zero-order valence-electron chi connectivity index (χ0n) is 30.6. The number of carboxylic acids is 1. The van der Waals surface area contributed by atoms with Crippen LogP contribution in [0.5, 0.6) is 17.5 Å². The molecule has 58 heavy (non-hydrogen) atoms. The molecule has 1 aromatic heterocycles. The number of benzene rings is 3. The van der Waals surface area contributed by atoms with Crippen LogP contribution in [-0.4, -0.2) is 75.8 Å². The molecule has 5 N–H and O–H groups in total. The highest BCUT2D eigenvalue weighted by Gasteiger charge is 2.45. The van der Waals surface area contributed by atoms with E-state index in [1.54, 1.807) is 12.1 Å². The van der Waals surface area contributed by atoms with Gasteiger partial charge >= 0.3 is 18.2 Å². The Morgan fingerprint density at radius 3 is 2.41 bits per heavy atom. The van der Waals surface area contributed by atoms with Gasteiger partial charge in [-0.25, -0.2) is 4.79 Å². The molecule has 0 bridgehead atoms. The summed E-state index contributed by atoms with van der Waals surface area (Å²) in [5.74, 6) is -1.85. The maximum Gasteiger partial charge on any atom is 0.422 e. The number of carbonyl (C=O) groups is 4. The number of halogens is 4. The quantitative estimate of drug-likeness (QED) is 0.0745. The van der Waals surface area contributed by atoms with Gasteiger partial charge in [-0.05, 0) is 92.0 Å². The predicted molar refractivity (Wildman–Crippen MR) is 201 cm³/mol. The van der Waals surface area contributed by atoms with E-state index >= 15 is 0 Å². The minimum absolute atomic E-state index is 0.0344. The number of rotatable bonds is 18. The summed E-state index contributed by atoms with van der Waals surface area (Å²) in [6.45, 7) is -1.64. The Hall–Kier alpha value is -6.17. The molecule has 3 aliphatic rings. The second kappa shape index (κ2) is 16.7. The van der Waals surface area contributed by atoms with E-state index in [2.05, 4.69) is 36.2 Å². The summed E-state index contributed by atoms with van der Waals surface area (Å²) in [5.41, 5.74) is 1.77. The zero-order chi connectivity index (χ0) is 41.0. The minimum Gasteiger partial charge on any atom is -0.480 e. The number of Topliss-reactive ketones (excluding diaryl/α,β-unsaturated/α-hetero) is 1. The third-order valence-electron chi connectivity index (χ3n) is 9.95. The fraction of sp³-hybridized carbons (Fsp3) is 0.359. The molecule has 3 aromatic carbocycles. The van der Waals surface area contributed by atoms with Crippen molar-refractivity contribution in [2.24, 2.45) is 5.92 Å². The molecule has 2 saturated carbocycles. The van der Waals surface area contributed by atoms with Crippen LogP contribution in [0, 0.1) is 5.92 Å². The largest absolute Gasteiger partial charge is 0.480 e. The number of aliphatic carboxylic acids is 1. The van der Waals surface area contributed by atoms with E-state index < -0.39 is 53.9 Å². The lowest BCUT2D eigenvalue weighted by Crippen LogP contribution is -2.43. The first-order valence-corrected chi connectivity index (χ1v) is 18.7. The number of carboxylic acid groups (broad SMARTS) is 1. The van der Waals surface area contributed by atoms with Crippen LogP contribution in [0.3, 0.4) is 0 Å². The van der Waals surface area contributed by atoms with Crippen molar-refractivity contribution in [3.63, 3.8) is 0 Å². The van der Waals surface area contributed by atoms with E-state index in [0.29, 0.717) is 35.7 Å². The molecule has 2 heterocycles. The monoisotopic (exact) mass is 823 g/mol. The average Bonchev–Trinajstić information content (AvgIpc) is 4.10. The molecule has 2 unspecified atom stereocenters. The number of aromatic nitrogens is 3. The van der Waals surface area contributed by atoms with Gasteiger partial charge in [0.2, 0.25) is 24.5 Å². The summed E-state index contributed by atoms with van der Waals surface area (Å²) >= 11 is 6.03. The Kier molecular flexibility index (Phi) is 11.6. The van der Waals surface area contributed by atoms with E-state index in [0.717, 1.165) is 23.3 Å².